The quantitative estimate of drug-likeness (QED) is 0.608. The Morgan fingerprint density at radius 2 is 2.33 bits per heavy atom. The number of aliphatic imine (C=N–C) groups is 1. The van der Waals surface area contributed by atoms with Gasteiger partial charge >= 0.3 is 0 Å². The van der Waals surface area contributed by atoms with Gasteiger partial charge in [0.1, 0.15) is 0 Å². The fourth-order valence-corrected chi connectivity index (χ4v) is 3.64. The van der Waals surface area contributed by atoms with Gasteiger partial charge in [-0.1, -0.05) is 36.5 Å². The molecule has 1 saturated heterocycles. The number of carbonyl (C=O) groups is 1. The molecule has 0 spiro atoms. The van der Waals surface area contributed by atoms with E-state index in [2.05, 4.69) is 46.9 Å². The lowest BCUT2D eigenvalue weighted by molar-refractivity contribution is -0.125. The molecule has 0 unspecified atom stereocenters. The average molecular weight is 346 g/mol. The topological polar surface area (TPSA) is 44.7 Å². The molecule has 0 saturated carbocycles. The molecule has 0 aliphatic carbocycles. The van der Waals surface area contributed by atoms with Crippen molar-refractivity contribution in [1.29, 1.82) is 0 Å². The summed E-state index contributed by atoms with van der Waals surface area (Å²) in [5.41, 5.74) is 5.26. The van der Waals surface area contributed by atoms with E-state index >= 15 is 0 Å². The molecule has 1 aromatic rings. The second-order valence-corrected chi connectivity index (χ2v) is 7.09. The number of likely N-dealkylation sites (tertiary alicyclic amines) is 1. The fourth-order valence-electron chi connectivity index (χ4n) is 2.94. The number of carbonyl (C=O) groups excluding carboxylic acids is 1. The summed E-state index contributed by atoms with van der Waals surface area (Å²) in [5.74, 6) is 0.132. The van der Waals surface area contributed by atoms with E-state index in [-0.39, 0.29) is 11.9 Å². The molecule has 1 atom stereocenters. The SMILES string of the molecule is C=C(S/C=N\CC)c1ccc(CNC(=O)[C@@H]2CCCN2C)cc1C. The summed E-state index contributed by atoms with van der Waals surface area (Å²) in [5, 5.41) is 3.06. The van der Waals surface area contributed by atoms with E-state index in [1.807, 2.05) is 19.5 Å². The van der Waals surface area contributed by atoms with Gasteiger partial charge in [0.15, 0.2) is 0 Å². The van der Waals surface area contributed by atoms with Crippen LogP contribution in [0.2, 0.25) is 0 Å². The zero-order valence-electron chi connectivity index (χ0n) is 14.8. The van der Waals surface area contributed by atoms with Crippen molar-refractivity contribution in [2.75, 3.05) is 20.1 Å². The van der Waals surface area contributed by atoms with Crippen LogP contribution in [-0.4, -0.2) is 42.5 Å². The molecule has 1 fully saturated rings. The summed E-state index contributed by atoms with van der Waals surface area (Å²) < 4.78 is 0. The molecule has 0 aromatic heterocycles. The van der Waals surface area contributed by atoms with E-state index in [0.717, 1.165) is 42.0 Å². The summed E-state index contributed by atoms with van der Waals surface area (Å²) in [6, 6.07) is 6.29. The van der Waals surface area contributed by atoms with E-state index in [9.17, 15) is 4.79 Å². The first-order chi connectivity index (χ1) is 11.5. The number of nitrogens with one attached hydrogen (secondary N) is 1. The van der Waals surface area contributed by atoms with Crippen molar-refractivity contribution in [3.8, 4) is 0 Å². The zero-order valence-corrected chi connectivity index (χ0v) is 15.7. The Hall–Kier alpha value is -1.59. The van der Waals surface area contributed by atoms with Gasteiger partial charge in [-0.15, -0.1) is 0 Å². The molecule has 5 heteroatoms. The predicted octanol–water partition coefficient (Wildman–Crippen LogP) is 3.46. The Kier molecular flexibility index (Phi) is 7.06. The van der Waals surface area contributed by atoms with Crippen molar-refractivity contribution in [2.24, 2.45) is 4.99 Å². The summed E-state index contributed by atoms with van der Waals surface area (Å²) in [6.45, 7) is 10.6. The number of nitrogens with zero attached hydrogens (tertiary/aromatic N) is 2. The minimum absolute atomic E-state index is 0.0272. The van der Waals surface area contributed by atoms with E-state index in [1.54, 1.807) is 11.8 Å². The van der Waals surface area contributed by atoms with Gasteiger partial charge in [-0.3, -0.25) is 14.7 Å². The smallest absolute Gasteiger partial charge is 0.237 e. The van der Waals surface area contributed by atoms with Crippen LogP contribution in [-0.2, 0) is 11.3 Å². The van der Waals surface area contributed by atoms with Gasteiger partial charge in [0.2, 0.25) is 5.91 Å². The van der Waals surface area contributed by atoms with Crippen LogP contribution in [0, 0.1) is 6.92 Å². The molecular formula is C19H27N3OS. The maximum absolute atomic E-state index is 12.3. The molecule has 0 radical (unpaired) electrons. The van der Waals surface area contributed by atoms with Gasteiger partial charge in [-0.25, -0.2) is 0 Å². The third-order valence-corrected chi connectivity index (χ3v) is 5.09. The lowest BCUT2D eigenvalue weighted by atomic mass is 10.0. The summed E-state index contributed by atoms with van der Waals surface area (Å²) in [4.78, 5) is 19.6. The number of likely N-dealkylation sites (N-methyl/N-ethyl adjacent to an activating group) is 1. The largest absolute Gasteiger partial charge is 0.351 e. The summed E-state index contributed by atoms with van der Waals surface area (Å²) >= 11 is 1.55. The normalized spacial score (nSPS) is 18.2. The van der Waals surface area contributed by atoms with Crippen LogP contribution in [0.5, 0.6) is 0 Å². The van der Waals surface area contributed by atoms with E-state index in [4.69, 9.17) is 0 Å². The van der Waals surface area contributed by atoms with Gasteiger partial charge in [-0.2, -0.15) is 0 Å². The molecule has 4 nitrogen and oxygen atoms in total. The summed E-state index contributed by atoms with van der Waals surface area (Å²) in [6.07, 6.45) is 2.06. The highest BCUT2D eigenvalue weighted by Crippen LogP contribution is 2.27. The van der Waals surface area contributed by atoms with E-state index in [1.165, 1.54) is 5.56 Å². The lowest BCUT2D eigenvalue weighted by Gasteiger charge is -2.19. The zero-order chi connectivity index (χ0) is 17.5. The fraction of sp³-hybridized carbons (Fsp3) is 0.474. The number of hydrogen-bond acceptors (Lipinski definition) is 4. The number of aryl methyl sites for hydroxylation is 1. The molecule has 1 aliphatic rings. The second-order valence-electron chi connectivity index (χ2n) is 6.15. The Labute approximate surface area is 149 Å². The van der Waals surface area contributed by atoms with Crippen molar-refractivity contribution in [3.05, 3.63) is 41.5 Å². The molecule has 2 rings (SSSR count). The monoisotopic (exact) mass is 345 g/mol. The first kappa shape index (κ1) is 18.7. The lowest BCUT2D eigenvalue weighted by Crippen LogP contribution is -2.41. The number of benzene rings is 1. The molecule has 1 amide bonds. The molecule has 1 aromatic carbocycles. The molecular weight excluding hydrogens is 318 g/mol. The second kappa shape index (κ2) is 9.04. The first-order valence-electron chi connectivity index (χ1n) is 8.44. The van der Waals surface area contributed by atoms with Crippen LogP contribution < -0.4 is 5.32 Å². The third kappa shape index (κ3) is 4.95. The maximum atomic E-state index is 12.3. The van der Waals surface area contributed by atoms with Crippen molar-refractivity contribution in [3.63, 3.8) is 0 Å². The Balaban J connectivity index is 1.93. The van der Waals surface area contributed by atoms with E-state index < -0.39 is 0 Å². The maximum Gasteiger partial charge on any atom is 0.237 e. The van der Waals surface area contributed by atoms with Crippen LogP contribution in [0.15, 0.2) is 29.8 Å². The molecule has 0 bridgehead atoms. The molecule has 24 heavy (non-hydrogen) atoms. The standard InChI is InChI=1S/C19H27N3OS/c1-5-20-13-24-15(3)17-9-8-16(11-14(17)2)12-21-19(23)18-7-6-10-22(18)4/h8-9,11,13,18H,3,5-7,10,12H2,1-2,4H3,(H,21,23)/b20-13-/t18-/m0/s1. The highest BCUT2D eigenvalue weighted by Gasteiger charge is 2.27. The number of amides is 1. The molecule has 130 valence electrons. The first-order valence-corrected chi connectivity index (χ1v) is 9.32. The Morgan fingerprint density at radius 3 is 2.96 bits per heavy atom. The van der Waals surface area contributed by atoms with Crippen LogP contribution in [0.4, 0.5) is 0 Å². The van der Waals surface area contributed by atoms with Crippen LogP contribution in [0.3, 0.4) is 0 Å². The van der Waals surface area contributed by atoms with Crippen LogP contribution in [0.1, 0.15) is 36.5 Å². The van der Waals surface area contributed by atoms with Gasteiger partial charge < -0.3 is 5.32 Å². The third-order valence-electron chi connectivity index (χ3n) is 4.33. The van der Waals surface area contributed by atoms with Crippen LogP contribution in [0.25, 0.3) is 4.91 Å². The Bertz CT molecular complexity index is 627. The van der Waals surface area contributed by atoms with Crippen LogP contribution >= 0.6 is 11.8 Å². The van der Waals surface area contributed by atoms with Crippen molar-refractivity contribution < 1.29 is 4.79 Å². The molecule has 1 heterocycles. The van der Waals surface area contributed by atoms with Crippen molar-refractivity contribution in [2.45, 2.75) is 39.3 Å². The minimum atomic E-state index is 0.0272. The number of hydrogen-bond donors (Lipinski definition) is 1. The Morgan fingerprint density at radius 1 is 1.54 bits per heavy atom. The highest BCUT2D eigenvalue weighted by atomic mass is 32.2. The van der Waals surface area contributed by atoms with Gasteiger partial charge in [0.05, 0.1) is 11.6 Å². The average Bonchev–Trinajstić information content (AvgIpc) is 2.99. The minimum Gasteiger partial charge on any atom is -0.351 e. The van der Waals surface area contributed by atoms with E-state index in [0.29, 0.717) is 6.54 Å². The van der Waals surface area contributed by atoms with Crippen molar-refractivity contribution in [1.82, 2.24) is 10.2 Å². The van der Waals surface area contributed by atoms with Gasteiger partial charge in [-0.05, 0) is 57.0 Å². The van der Waals surface area contributed by atoms with Crippen molar-refractivity contribution >= 4 is 28.1 Å². The summed E-state index contributed by atoms with van der Waals surface area (Å²) in [7, 11) is 2.02. The molecule has 1 aliphatic heterocycles. The number of rotatable bonds is 7. The predicted molar refractivity (Wildman–Crippen MR) is 104 cm³/mol. The highest BCUT2D eigenvalue weighted by molar-refractivity contribution is 8.20. The van der Waals surface area contributed by atoms with Gasteiger partial charge in [0, 0.05) is 18.0 Å². The van der Waals surface area contributed by atoms with Gasteiger partial charge in [0.25, 0.3) is 0 Å². The molecule has 1 N–H and O–H groups in total. The number of thioether (sulfide) groups is 1.